The fraction of sp³-hybridized carbons (Fsp3) is 0.130. The molecule has 0 radical (unpaired) electrons. The highest BCUT2D eigenvalue weighted by atomic mass is 16.5. The number of aromatic hydroxyl groups is 1. The highest BCUT2D eigenvalue weighted by Gasteiger charge is 2.37. The van der Waals surface area contributed by atoms with Gasteiger partial charge in [-0.1, -0.05) is 18.7 Å². The molecule has 3 aromatic rings. The van der Waals surface area contributed by atoms with Crippen LogP contribution in [-0.4, -0.2) is 41.2 Å². The molecule has 11 heteroatoms. The molecule has 174 valence electrons. The number of hydrogen-bond donors (Lipinski definition) is 4. The topological polar surface area (TPSA) is 146 Å². The molecule has 11 nitrogen and oxygen atoms in total. The van der Waals surface area contributed by atoms with Gasteiger partial charge in [-0.2, -0.15) is 4.98 Å². The molecule has 0 saturated heterocycles. The Morgan fingerprint density at radius 2 is 2.00 bits per heavy atom. The van der Waals surface area contributed by atoms with Gasteiger partial charge < -0.3 is 26.2 Å². The van der Waals surface area contributed by atoms with Crippen molar-refractivity contribution in [1.29, 1.82) is 0 Å². The molecule has 1 aromatic heterocycles. The van der Waals surface area contributed by atoms with E-state index < -0.39 is 12.2 Å². The maximum Gasteiger partial charge on any atom is 0.331 e. The van der Waals surface area contributed by atoms with Crippen molar-refractivity contribution in [2.45, 2.75) is 6.17 Å². The number of para-hydroxylation sites is 2. The molecule has 4 rings (SSSR count). The second kappa shape index (κ2) is 9.08. The summed E-state index contributed by atoms with van der Waals surface area (Å²) >= 11 is 0. The summed E-state index contributed by atoms with van der Waals surface area (Å²) in [6, 6.07) is 11.0. The minimum absolute atomic E-state index is 0.0687. The Morgan fingerprint density at radius 1 is 1.26 bits per heavy atom. The Morgan fingerprint density at radius 3 is 2.71 bits per heavy atom. The zero-order valence-corrected chi connectivity index (χ0v) is 18.5. The Kier molecular flexibility index (Phi) is 6.02. The van der Waals surface area contributed by atoms with E-state index in [1.807, 2.05) is 0 Å². The van der Waals surface area contributed by atoms with Crippen LogP contribution >= 0.6 is 0 Å². The SMILES string of the molecule is C=CC(=O)Nc1ccccc1Nc1ncc2c(n1)N(C)C(=O)N(c1cc(O)cc(OC)c1)C2N. The molecular formula is C23H23N7O4. The van der Waals surface area contributed by atoms with Gasteiger partial charge in [-0.15, -0.1) is 0 Å². The van der Waals surface area contributed by atoms with Crippen LogP contribution in [0.2, 0.25) is 0 Å². The fourth-order valence-corrected chi connectivity index (χ4v) is 3.53. The van der Waals surface area contributed by atoms with Gasteiger partial charge in [0.1, 0.15) is 23.5 Å². The fourth-order valence-electron chi connectivity index (χ4n) is 3.53. The molecule has 2 aromatic carbocycles. The number of hydrogen-bond acceptors (Lipinski definition) is 8. The van der Waals surface area contributed by atoms with E-state index in [0.29, 0.717) is 34.2 Å². The zero-order valence-electron chi connectivity index (χ0n) is 18.5. The molecule has 0 aliphatic carbocycles. The van der Waals surface area contributed by atoms with Crippen molar-refractivity contribution >= 4 is 40.8 Å². The average Bonchev–Trinajstić information content (AvgIpc) is 2.83. The Balaban J connectivity index is 1.67. The average molecular weight is 461 g/mol. The number of nitrogens with one attached hydrogen (secondary N) is 2. The number of urea groups is 1. The van der Waals surface area contributed by atoms with Gasteiger partial charge in [0.15, 0.2) is 0 Å². The van der Waals surface area contributed by atoms with Crippen LogP contribution in [0.4, 0.5) is 33.6 Å². The van der Waals surface area contributed by atoms with Crippen LogP contribution in [0.25, 0.3) is 0 Å². The lowest BCUT2D eigenvalue weighted by molar-refractivity contribution is -0.111. The number of carbonyl (C=O) groups excluding carboxylic acids is 2. The highest BCUT2D eigenvalue weighted by molar-refractivity contribution is 6.06. The zero-order chi connectivity index (χ0) is 24.4. The molecule has 1 aliphatic rings. The number of phenolic OH excluding ortho intramolecular Hbond substituents is 1. The van der Waals surface area contributed by atoms with Crippen molar-refractivity contribution in [3.8, 4) is 11.5 Å². The van der Waals surface area contributed by atoms with Crippen molar-refractivity contribution in [3.05, 3.63) is 66.9 Å². The van der Waals surface area contributed by atoms with Crippen LogP contribution < -0.4 is 30.9 Å². The first-order valence-corrected chi connectivity index (χ1v) is 10.2. The minimum Gasteiger partial charge on any atom is -0.508 e. The summed E-state index contributed by atoms with van der Waals surface area (Å²) in [6.45, 7) is 3.45. The van der Waals surface area contributed by atoms with Crippen molar-refractivity contribution in [1.82, 2.24) is 9.97 Å². The van der Waals surface area contributed by atoms with Gasteiger partial charge in [-0.25, -0.2) is 9.78 Å². The molecule has 0 fully saturated rings. The normalized spacial score (nSPS) is 14.9. The van der Waals surface area contributed by atoms with Crippen LogP contribution in [0.5, 0.6) is 11.5 Å². The first-order chi connectivity index (χ1) is 16.3. The lowest BCUT2D eigenvalue weighted by Gasteiger charge is -2.38. The maximum absolute atomic E-state index is 13.2. The number of ether oxygens (including phenoxy) is 1. The summed E-state index contributed by atoms with van der Waals surface area (Å²) in [5, 5.41) is 15.8. The van der Waals surface area contributed by atoms with Gasteiger partial charge in [0.2, 0.25) is 11.9 Å². The van der Waals surface area contributed by atoms with E-state index >= 15 is 0 Å². The predicted molar refractivity (Wildman–Crippen MR) is 128 cm³/mol. The summed E-state index contributed by atoms with van der Waals surface area (Å²) in [4.78, 5) is 36.4. The van der Waals surface area contributed by atoms with Gasteiger partial charge in [0.05, 0.1) is 29.7 Å². The van der Waals surface area contributed by atoms with Crippen molar-refractivity contribution in [2.75, 3.05) is 34.6 Å². The minimum atomic E-state index is -0.904. The van der Waals surface area contributed by atoms with E-state index in [0.717, 1.165) is 0 Å². The lowest BCUT2D eigenvalue weighted by atomic mass is 10.1. The third kappa shape index (κ3) is 4.19. The largest absolute Gasteiger partial charge is 0.508 e. The number of methoxy groups -OCH3 is 1. The lowest BCUT2D eigenvalue weighted by Crippen LogP contribution is -2.51. The number of phenols is 1. The molecule has 1 unspecified atom stereocenters. The Bertz CT molecular complexity index is 1280. The summed E-state index contributed by atoms with van der Waals surface area (Å²) in [7, 11) is 3.02. The van der Waals surface area contributed by atoms with Crippen molar-refractivity contribution in [3.63, 3.8) is 0 Å². The quantitative estimate of drug-likeness (QED) is 0.410. The number of fused-ring (bicyclic) bond motifs is 1. The van der Waals surface area contributed by atoms with Gasteiger partial charge in [0.25, 0.3) is 0 Å². The van der Waals surface area contributed by atoms with E-state index in [4.69, 9.17) is 10.5 Å². The molecule has 0 spiro atoms. The molecule has 2 heterocycles. The summed E-state index contributed by atoms with van der Waals surface area (Å²) in [6.07, 6.45) is 1.79. The summed E-state index contributed by atoms with van der Waals surface area (Å²) in [5.74, 6) is 0.479. The molecule has 34 heavy (non-hydrogen) atoms. The van der Waals surface area contributed by atoms with Crippen LogP contribution in [0.3, 0.4) is 0 Å². The number of nitrogens with zero attached hydrogens (tertiary/aromatic N) is 4. The Hall–Kier alpha value is -4.64. The van der Waals surface area contributed by atoms with E-state index in [1.165, 1.54) is 41.3 Å². The third-order valence-corrected chi connectivity index (χ3v) is 5.21. The van der Waals surface area contributed by atoms with Gasteiger partial charge >= 0.3 is 6.03 Å². The highest BCUT2D eigenvalue weighted by Crippen LogP contribution is 2.38. The number of nitrogens with two attached hydrogens (primary N) is 1. The van der Waals surface area contributed by atoms with Gasteiger partial charge in [-0.05, 0) is 18.2 Å². The summed E-state index contributed by atoms with van der Waals surface area (Å²) < 4.78 is 5.19. The van der Waals surface area contributed by atoms with Crippen molar-refractivity contribution < 1.29 is 19.4 Å². The molecule has 3 amide bonds. The Labute approximate surface area is 195 Å². The number of anilines is 5. The van der Waals surface area contributed by atoms with Crippen LogP contribution in [-0.2, 0) is 4.79 Å². The second-order valence-electron chi connectivity index (χ2n) is 7.38. The molecule has 5 N–H and O–H groups in total. The molecule has 1 aliphatic heterocycles. The van der Waals surface area contributed by atoms with Crippen LogP contribution in [0.15, 0.2) is 61.3 Å². The number of benzene rings is 2. The maximum atomic E-state index is 13.2. The number of carbonyl (C=O) groups is 2. The third-order valence-electron chi connectivity index (χ3n) is 5.21. The first-order valence-electron chi connectivity index (χ1n) is 10.2. The second-order valence-corrected chi connectivity index (χ2v) is 7.38. The number of rotatable bonds is 6. The van der Waals surface area contributed by atoms with Crippen molar-refractivity contribution in [2.24, 2.45) is 5.73 Å². The molecule has 0 bridgehead atoms. The van der Waals surface area contributed by atoms with Gasteiger partial charge in [0, 0.05) is 31.4 Å². The van der Waals surface area contributed by atoms with E-state index in [1.54, 1.807) is 37.4 Å². The molecular weight excluding hydrogens is 438 g/mol. The van der Waals surface area contributed by atoms with E-state index in [9.17, 15) is 14.7 Å². The van der Waals surface area contributed by atoms with Crippen LogP contribution in [0, 0.1) is 0 Å². The monoisotopic (exact) mass is 461 g/mol. The molecule has 1 atom stereocenters. The first kappa shape index (κ1) is 22.6. The molecule has 0 saturated carbocycles. The summed E-state index contributed by atoms with van der Waals surface area (Å²) in [5.41, 5.74) is 8.35. The van der Waals surface area contributed by atoms with E-state index in [2.05, 4.69) is 27.2 Å². The predicted octanol–water partition coefficient (Wildman–Crippen LogP) is 3.09. The van der Waals surface area contributed by atoms with Crippen LogP contribution in [0.1, 0.15) is 11.7 Å². The number of amides is 3. The smallest absolute Gasteiger partial charge is 0.331 e. The van der Waals surface area contributed by atoms with E-state index in [-0.39, 0.29) is 17.6 Å². The standard InChI is InChI=1S/C23H23N7O4/c1-4-19(32)26-17-7-5-6-8-18(17)27-22-25-12-16-20(24)30(23(33)29(2)21(16)28-22)13-9-14(31)11-15(10-13)34-3/h4-12,20,31H,1,24H2,2-3H3,(H,26,32)(H,25,27,28). The van der Waals surface area contributed by atoms with Gasteiger partial charge in [-0.3, -0.25) is 14.6 Å². The number of aromatic nitrogens is 2.